The Morgan fingerprint density at radius 3 is 2.50 bits per heavy atom. The van der Waals surface area contributed by atoms with Crippen LogP contribution < -0.4 is 9.62 Å². The number of hydrogen-bond donors (Lipinski definition) is 1. The third-order valence-electron chi connectivity index (χ3n) is 6.39. The zero-order valence-corrected chi connectivity index (χ0v) is 20.4. The number of benzene rings is 2. The maximum absolute atomic E-state index is 14.4. The number of halogens is 1. The highest BCUT2D eigenvalue weighted by molar-refractivity contribution is 7.92. The molecule has 3 heterocycles. The van der Waals surface area contributed by atoms with Crippen LogP contribution in [-0.4, -0.2) is 59.9 Å². The highest BCUT2D eigenvalue weighted by atomic mass is 32.2. The van der Waals surface area contributed by atoms with E-state index in [1.807, 2.05) is 12.1 Å². The normalized spacial score (nSPS) is 15.2. The number of aromatic nitrogens is 3. The van der Waals surface area contributed by atoms with Gasteiger partial charge in [0, 0.05) is 51.1 Å². The molecule has 36 heavy (non-hydrogen) atoms. The summed E-state index contributed by atoms with van der Waals surface area (Å²) in [5, 5.41) is 0.761. The largest absolute Gasteiger partial charge is 0.368 e. The summed E-state index contributed by atoms with van der Waals surface area (Å²) in [6.45, 7) is 4.02. The third kappa shape index (κ3) is 4.61. The Morgan fingerprint density at radius 2 is 1.81 bits per heavy atom. The van der Waals surface area contributed by atoms with E-state index >= 15 is 0 Å². The maximum Gasteiger partial charge on any atom is 0.263 e. The molecule has 4 aromatic rings. The van der Waals surface area contributed by atoms with Crippen molar-refractivity contribution in [3.63, 3.8) is 0 Å². The van der Waals surface area contributed by atoms with E-state index in [-0.39, 0.29) is 23.9 Å². The number of nitrogens with one attached hydrogen (secondary N) is 1. The van der Waals surface area contributed by atoms with Gasteiger partial charge in [0.15, 0.2) is 0 Å². The Bertz CT molecular complexity index is 1490. The molecular weight excluding hydrogens is 483 g/mol. The lowest BCUT2D eigenvalue weighted by atomic mass is 10.2. The number of piperazine rings is 1. The molecule has 188 valence electrons. The molecule has 0 bridgehead atoms. The number of carbonyl (C=O) groups excluding carboxylic acids is 1. The minimum absolute atomic E-state index is 0. The van der Waals surface area contributed by atoms with Crippen LogP contribution in [0.3, 0.4) is 0 Å². The number of hydrogen-bond acceptors (Lipinski definition) is 6. The second-order valence-corrected chi connectivity index (χ2v) is 10.3. The average molecular weight is 511 g/mol. The molecular formula is C25H27FN6O3S. The lowest BCUT2D eigenvalue weighted by Crippen LogP contribution is -2.50. The average Bonchev–Trinajstić information content (AvgIpc) is 3.34. The molecule has 1 aliphatic heterocycles. The van der Waals surface area contributed by atoms with Gasteiger partial charge in [-0.25, -0.2) is 22.8 Å². The summed E-state index contributed by atoms with van der Waals surface area (Å²) in [4.78, 5) is 24.9. The molecule has 0 aliphatic carbocycles. The highest BCUT2D eigenvalue weighted by Gasteiger charge is 2.27. The first-order chi connectivity index (χ1) is 17.3. The van der Waals surface area contributed by atoms with E-state index in [0.29, 0.717) is 31.7 Å². The SMILES string of the molecule is C[C@@H](C(=O)N1CCN(c2ccc(S(=O)(=O)Nc3ccncn3)cc2)CC1)n1ccc2cccc(F)c21.[HH]. The minimum atomic E-state index is -3.77. The molecule has 11 heteroatoms. The van der Waals surface area contributed by atoms with Crippen LogP contribution in [0.2, 0.25) is 0 Å². The molecule has 1 fully saturated rings. The van der Waals surface area contributed by atoms with Crippen LogP contribution in [0.1, 0.15) is 14.4 Å². The van der Waals surface area contributed by atoms with Gasteiger partial charge in [0.25, 0.3) is 10.0 Å². The van der Waals surface area contributed by atoms with Crippen LogP contribution in [0.4, 0.5) is 15.9 Å². The number of amides is 1. The molecule has 2 aromatic heterocycles. The molecule has 1 amide bonds. The monoisotopic (exact) mass is 510 g/mol. The fourth-order valence-electron chi connectivity index (χ4n) is 4.45. The lowest BCUT2D eigenvalue weighted by Gasteiger charge is -2.37. The number of sulfonamides is 1. The Kier molecular flexibility index (Phi) is 6.31. The predicted molar refractivity (Wildman–Crippen MR) is 137 cm³/mol. The highest BCUT2D eigenvalue weighted by Crippen LogP contribution is 2.25. The van der Waals surface area contributed by atoms with Crippen LogP contribution >= 0.6 is 0 Å². The van der Waals surface area contributed by atoms with Gasteiger partial charge < -0.3 is 14.4 Å². The molecule has 0 unspecified atom stereocenters. The topological polar surface area (TPSA) is 100 Å². The smallest absolute Gasteiger partial charge is 0.263 e. The zero-order valence-electron chi connectivity index (χ0n) is 19.6. The van der Waals surface area contributed by atoms with Crippen LogP contribution in [0.5, 0.6) is 0 Å². The molecule has 1 aliphatic rings. The van der Waals surface area contributed by atoms with E-state index in [4.69, 9.17) is 0 Å². The van der Waals surface area contributed by atoms with Crippen molar-refractivity contribution < 1.29 is 19.0 Å². The van der Waals surface area contributed by atoms with Crippen molar-refractivity contribution in [3.8, 4) is 0 Å². The lowest BCUT2D eigenvalue weighted by molar-refractivity contribution is -0.134. The number of nitrogens with zero attached hydrogens (tertiary/aromatic N) is 5. The predicted octanol–water partition coefficient (Wildman–Crippen LogP) is 3.53. The zero-order chi connectivity index (χ0) is 25.3. The Hall–Kier alpha value is -3.99. The van der Waals surface area contributed by atoms with Gasteiger partial charge in [-0.2, -0.15) is 0 Å². The fourth-order valence-corrected chi connectivity index (χ4v) is 5.46. The minimum Gasteiger partial charge on any atom is -0.368 e. The van der Waals surface area contributed by atoms with E-state index in [1.54, 1.807) is 52.9 Å². The summed E-state index contributed by atoms with van der Waals surface area (Å²) in [6, 6.07) is 14.2. The molecule has 2 aromatic carbocycles. The first kappa shape index (κ1) is 23.7. The standard InChI is InChI=1S/C25H25FN6O3S.H2/c1-18(32-12-10-19-3-2-4-22(26)24(19)32)25(33)31-15-13-30(14-16-31)20-5-7-21(8-6-20)36(34,35)29-23-9-11-27-17-28-23;/h2-12,17-18H,13-16H2,1H3,(H,27,28,29);1H/t18-;/m0./s1. The van der Waals surface area contributed by atoms with E-state index in [2.05, 4.69) is 19.6 Å². The van der Waals surface area contributed by atoms with Gasteiger partial charge in [-0.05, 0) is 49.4 Å². The molecule has 5 rings (SSSR count). The third-order valence-corrected chi connectivity index (χ3v) is 7.76. The van der Waals surface area contributed by atoms with Gasteiger partial charge >= 0.3 is 0 Å². The summed E-state index contributed by atoms with van der Waals surface area (Å²) >= 11 is 0. The number of rotatable bonds is 6. The summed E-state index contributed by atoms with van der Waals surface area (Å²) in [7, 11) is -3.77. The molecule has 0 saturated carbocycles. The summed E-state index contributed by atoms with van der Waals surface area (Å²) < 4.78 is 43.7. The van der Waals surface area contributed by atoms with Crippen LogP contribution in [-0.2, 0) is 14.8 Å². The molecule has 0 radical (unpaired) electrons. The first-order valence-corrected chi connectivity index (χ1v) is 13.0. The fraction of sp³-hybridized carbons (Fsp3) is 0.240. The van der Waals surface area contributed by atoms with Crippen LogP contribution in [0.25, 0.3) is 10.9 Å². The Labute approximate surface area is 209 Å². The van der Waals surface area contributed by atoms with E-state index < -0.39 is 16.1 Å². The van der Waals surface area contributed by atoms with Gasteiger partial charge in [0.2, 0.25) is 5.91 Å². The summed E-state index contributed by atoms with van der Waals surface area (Å²) in [6.07, 6.45) is 4.48. The second kappa shape index (κ2) is 9.57. The number of para-hydroxylation sites is 1. The van der Waals surface area contributed by atoms with Crippen molar-refractivity contribution >= 4 is 38.3 Å². The van der Waals surface area contributed by atoms with E-state index in [1.165, 1.54) is 24.7 Å². The number of fused-ring (bicyclic) bond motifs is 1. The van der Waals surface area contributed by atoms with Crippen LogP contribution in [0.15, 0.2) is 78.2 Å². The quantitative estimate of drug-likeness (QED) is 0.426. The van der Waals surface area contributed by atoms with Crippen molar-refractivity contribution in [2.24, 2.45) is 0 Å². The van der Waals surface area contributed by atoms with Crippen molar-refractivity contribution in [2.45, 2.75) is 17.9 Å². The van der Waals surface area contributed by atoms with Gasteiger partial charge in [-0.3, -0.25) is 9.52 Å². The van der Waals surface area contributed by atoms with Gasteiger partial charge in [0.1, 0.15) is 24.0 Å². The first-order valence-electron chi connectivity index (χ1n) is 11.5. The van der Waals surface area contributed by atoms with Gasteiger partial charge in [-0.1, -0.05) is 12.1 Å². The molecule has 0 spiro atoms. The van der Waals surface area contributed by atoms with E-state index in [0.717, 1.165) is 11.1 Å². The summed E-state index contributed by atoms with van der Waals surface area (Å²) in [5.41, 5.74) is 1.30. The second-order valence-electron chi connectivity index (χ2n) is 8.58. The molecule has 1 N–H and O–H groups in total. The number of anilines is 2. The molecule has 1 saturated heterocycles. The Balaban J connectivity index is 0.00000320. The van der Waals surface area contributed by atoms with Crippen molar-refractivity contribution in [1.82, 2.24) is 19.4 Å². The molecule has 1 atom stereocenters. The number of carbonyl (C=O) groups is 1. The maximum atomic E-state index is 14.4. The van der Waals surface area contributed by atoms with E-state index in [9.17, 15) is 17.6 Å². The van der Waals surface area contributed by atoms with Crippen molar-refractivity contribution in [2.75, 3.05) is 35.8 Å². The summed E-state index contributed by atoms with van der Waals surface area (Å²) in [5.74, 6) is -0.216. The Morgan fingerprint density at radius 1 is 1.06 bits per heavy atom. The molecule has 9 nitrogen and oxygen atoms in total. The van der Waals surface area contributed by atoms with Crippen molar-refractivity contribution in [3.05, 3.63) is 79.1 Å². The van der Waals surface area contributed by atoms with Gasteiger partial charge in [-0.15, -0.1) is 0 Å². The van der Waals surface area contributed by atoms with Gasteiger partial charge in [0.05, 0.1) is 10.4 Å². The van der Waals surface area contributed by atoms with Crippen molar-refractivity contribution in [1.29, 1.82) is 0 Å². The van der Waals surface area contributed by atoms with Crippen LogP contribution in [0, 0.1) is 5.82 Å².